The second-order valence-corrected chi connectivity index (χ2v) is 3.21. The number of aromatic nitrogens is 1. The zero-order valence-electron chi connectivity index (χ0n) is 7.84. The number of nitrogen functional groups attached to an aromatic ring is 1. The van der Waals surface area contributed by atoms with Crippen molar-refractivity contribution in [1.82, 2.24) is 10.3 Å². The first-order chi connectivity index (χ1) is 7.16. The first-order valence-corrected chi connectivity index (χ1v) is 4.45. The van der Waals surface area contributed by atoms with Crippen LogP contribution in [0.1, 0.15) is 0 Å². The summed E-state index contributed by atoms with van der Waals surface area (Å²) in [6.45, 7) is 1.52. The molecule has 0 aromatic carbocycles. The van der Waals surface area contributed by atoms with Crippen LogP contribution >= 0.6 is 0 Å². The van der Waals surface area contributed by atoms with Crippen molar-refractivity contribution in [2.45, 2.75) is 6.10 Å². The van der Waals surface area contributed by atoms with Crippen LogP contribution in [-0.4, -0.2) is 29.1 Å². The van der Waals surface area contributed by atoms with Crippen molar-refractivity contribution in [2.75, 3.05) is 18.8 Å². The highest BCUT2D eigenvalue weighted by atomic mass is 16.6. The molecule has 1 aromatic heterocycles. The third-order valence-corrected chi connectivity index (χ3v) is 2.10. The zero-order chi connectivity index (χ0) is 10.8. The first kappa shape index (κ1) is 9.66. The van der Waals surface area contributed by atoms with Crippen LogP contribution in [-0.2, 0) is 0 Å². The molecular weight excluding hydrogens is 200 g/mol. The molecule has 0 spiro atoms. The summed E-state index contributed by atoms with van der Waals surface area (Å²) >= 11 is 0. The van der Waals surface area contributed by atoms with Gasteiger partial charge < -0.3 is 15.8 Å². The molecule has 0 amide bonds. The molecule has 3 N–H and O–H groups in total. The van der Waals surface area contributed by atoms with Gasteiger partial charge in [-0.15, -0.1) is 0 Å². The van der Waals surface area contributed by atoms with Gasteiger partial charge in [0.25, 0.3) is 0 Å². The van der Waals surface area contributed by atoms with Crippen molar-refractivity contribution >= 4 is 11.5 Å². The molecule has 15 heavy (non-hydrogen) atoms. The Morgan fingerprint density at radius 1 is 1.60 bits per heavy atom. The van der Waals surface area contributed by atoms with E-state index >= 15 is 0 Å². The van der Waals surface area contributed by atoms with E-state index in [2.05, 4.69) is 10.3 Å². The molecule has 2 heterocycles. The maximum absolute atomic E-state index is 10.5. The highest BCUT2D eigenvalue weighted by Crippen LogP contribution is 2.22. The molecule has 0 unspecified atom stereocenters. The van der Waals surface area contributed by atoms with Crippen LogP contribution in [0.3, 0.4) is 0 Å². The molecule has 7 nitrogen and oxygen atoms in total. The molecule has 0 bridgehead atoms. The van der Waals surface area contributed by atoms with Crippen molar-refractivity contribution in [1.29, 1.82) is 0 Å². The summed E-state index contributed by atoms with van der Waals surface area (Å²) in [5.74, 6) is 0.203. The number of nitro groups is 1. The Hall–Kier alpha value is -1.89. The summed E-state index contributed by atoms with van der Waals surface area (Å²) < 4.78 is 5.39. The van der Waals surface area contributed by atoms with Gasteiger partial charge in [0.05, 0.1) is 4.92 Å². The fraction of sp³-hybridized carbons (Fsp3) is 0.375. The van der Waals surface area contributed by atoms with Crippen LogP contribution in [0.4, 0.5) is 11.5 Å². The normalized spacial score (nSPS) is 15.7. The third-order valence-electron chi connectivity index (χ3n) is 2.10. The summed E-state index contributed by atoms with van der Waals surface area (Å²) in [5, 5.41) is 13.5. The Bertz CT molecular complexity index is 391. The minimum absolute atomic E-state index is 0.0818. The third kappa shape index (κ3) is 1.96. The lowest BCUT2D eigenvalue weighted by Gasteiger charge is -2.27. The van der Waals surface area contributed by atoms with E-state index in [4.69, 9.17) is 10.5 Å². The predicted molar refractivity (Wildman–Crippen MR) is 52.6 cm³/mol. The number of hydrogen-bond acceptors (Lipinski definition) is 6. The number of nitrogens with zero attached hydrogens (tertiary/aromatic N) is 2. The molecule has 1 aromatic rings. The molecule has 1 aliphatic heterocycles. The van der Waals surface area contributed by atoms with Gasteiger partial charge in [-0.1, -0.05) is 0 Å². The van der Waals surface area contributed by atoms with Gasteiger partial charge in [-0.25, -0.2) is 0 Å². The minimum atomic E-state index is -0.572. The lowest BCUT2D eigenvalue weighted by molar-refractivity contribution is -0.384. The standard InChI is InChI=1S/C8H10N4O3/c9-8-6(12(13)14)1-2-7(11-8)15-5-3-10-4-5/h1-2,5,10H,3-4H2,(H2,9,11). The molecule has 1 saturated heterocycles. The Morgan fingerprint density at radius 3 is 2.80 bits per heavy atom. The van der Waals surface area contributed by atoms with Gasteiger partial charge in [0.2, 0.25) is 11.7 Å². The second kappa shape index (κ2) is 3.70. The van der Waals surface area contributed by atoms with Crippen LogP contribution < -0.4 is 15.8 Å². The van der Waals surface area contributed by atoms with Crippen molar-refractivity contribution in [2.24, 2.45) is 0 Å². The van der Waals surface area contributed by atoms with Crippen LogP contribution in [0.2, 0.25) is 0 Å². The van der Waals surface area contributed by atoms with Crippen LogP contribution in [0.25, 0.3) is 0 Å². The van der Waals surface area contributed by atoms with Crippen molar-refractivity contribution < 1.29 is 9.66 Å². The largest absolute Gasteiger partial charge is 0.472 e. The summed E-state index contributed by atoms with van der Waals surface area (Å²) in [7, 11) is 0. The number of hydrogen-bond donors (Lipinski definition) is 2. The Labute approximate surface area is 85.4 Å². The van der Waals surface area contributed by atoms with E-state index in [1.165, 1.54) is 12.1 Å². The highest BCUT2D eigenvalue weighted by molar-refractivity contribution is 5.53. The van der Waals surface area contributed by atoms with E-state index in [1.807, 2.05) is 0 Å². The van der Waals surface area contributed by atoms with Gasteiger partial charge in [-0.3, -0.25) is 10.1 Å². The topological polar surface area (TPSA) is 103 Å². The van der Waals surface area contributed by atoms with Gasteiger partial charge in [-0.2, -0.15) is 4.98 Å². The fourth-order valence-electron chi connectivity index (χ4n) is 1.19. The maximum atomic E-state index is 10.5. The molecule has 1 aliphatic rings. The van der Waals surface area contributed by atoms with Gasteiger partial charge in [0.1, 0.15) is 6.10 Å². The van der Waals surface area contributed by atoms with Crippen LogP contribution in [0, 0.1) is 10.1 Å². The summed E-state index contributed by atoms with van der Waals surface area (Å²) in [6, 6.07) is 2.75. The Balaban J connectivity index is 2.13. The Kier molecular flexibility index (Phi) is 2.38. The van der Waals surface area contributed by atoms with Crippen molar-refractivity contribution in [3.8, 4) is 5.88 Å². The zero-order valence-corrected chi connectivity index (χ0v) is 7.84. The lowest BCUT2D eigenvalue weighted by Crippen LogP contribution is -2.50. The number of pyridine rings is 1. The number of nitrogens with two attached hydrogens (primary N) is 1. The van der Waals surface area contributed by atoms with Gasteiger partial charge in [0.15, 0.2) is 0 Å². The minimum Gasteiger partial charge on any atom is -0.472 e. The monoisotopic (exact) mass is 210 g/mol. The van der Waals surface area contributed by atoms with Gasteiger partial charge >= 0.3 is 5.69 Å². The summed E-state index contributed by atoms with van der Waals surface area (Å²) in [5.41, 5.74) is 5.21. The maximum Gasteiger partial charge on any atom is 0.311 e. The van der Waals surface area contributed by atoms with Crippen molar-refractivity contribution in [3.63, 3.8) is 0 Å². The molecule has 0 atom stereocenters. The quantitative estimate of drug-likeness (QED) is 0.534. The molecule has 2 rings (SSSR count). The van der Waals surface area contributed by atoms with E-state index in [1.54, 1.807) is 0 Å². The van der Waals surface area contributed by atoms with E-state index in [0.29, 0.717) is 5.88 Å². The summed E-state index contributed by atoms with van der Waals surface area (Å²) in [4.78, 5) is 13.7. The van der Waals surface area contributed by atoms with Crippen LogP contribution in [0.5, 0.6) is 5.88 Å². The molecular formula is C8H10N4O3. The summed E-state index contributed by atoms with van der Waals surface area (Å²) in [6.07, 6.45) is 0.0818. The van der Waals surface area contributed by atoms with E-state index in [-0.39, 0.29) is 17.6 Å². The average Bonchev–Trinajstić information content (AvgIpc) is 2.11. The molecule has 0 aliphatic carbocycles. The van der Waals surface area contributed by atoms with E-state index in [9.17, 15) is 10.1 Å². The SMILES string of the molecule is Nc1nc(OC2CNC2)ccc1[N+](=O)[O-]. The molecule has 0 radical (unpaired) electrons. The van der Waals surface area contributed by atoms with E-state index in [0.717, 1.165) is 13.1 Å². The number of nitrogens with one attached hydrogen (secondary N) is 1. The average molecular weight is 210 g/mol. The predicted octanol–water partition coefficient (Wildman–Crippen LogP) is -0.0774. The molecule has 7 heteroatoms. The number of anilines is 1. The molecule has 1 fully saturated rings. The second-order valence-electron chi connectivity index (χ2n) is 3.21. The lowest BCUT2D eigenvalue weighted by atomic mass is 10.2. The highest BCUT2D eigenvalue weighted by Gasteiger charge is 2.20. The van der Waals surface area contributed by atoms with Crippen molar-refractivity contribution in [3.05, 3.63) is 22.2 Å². The number of rotatable bonds is 3. The molecule has 80 valence electrons. The first-order valence-electron chi connectivity index (χ1n) is 4.45. The number of ether oxygens (including phenoxy) is 1. The van der Waals surface area contributed by atoms with Gasteiger partial charge in [-0.05, 0) is 0 Å². The van der Waals surface area contributed by atoms with E-state index < -0.39 is 4.92 Å². The van der Waals surface area contributed by atoms with Crippen LogP contribution in [0.15, 0.2) is 12.1 Å². The van der Waals surface area contributed by atoms with Gasteiger partial charge in [0, 0.05) is 25.2 Å². The Morgan fingerprint density at radius 2 is 2.33 bits per heavy atom. The molecule has 0 saturated carbocycles. The fourth-order valence-corrected chi connectivity index (χ4v) is 1.19. The smallest absolute Gasteiger partial charge is 0.311 e.